The van der Waals surface area contributed by atoms with Crippen molar-refractivity contribution in [3.63, 3.8) is 0 Å². The molecule has 0 spiro atoms. The fraction of sp³-hybridized carbons (Fsp3) is 0.118. The molecular formula is C17H15N3O2. The number of hydrogen-bond donors (Lipinski definition) is 1. The molecule has 2 heterocycles. The number of hydrogen-bond acceptors (Lipinski definition) is 4. The Bertz CT molecular complexity index is 929. The maximum Gasteiger partial charge on any atom is 0.270 e. The Morgan fingerprint density at radius 2 is 2.00 bits per heavy atom. The normalized spacial score (nSPS) is 10.6. The lowest BCUT2D eigenvalue weighted by atomic mass is 10.2. The molecule has 0 amide bonds. The van der Waals surface area contributed by atoms with Gasteiger partial charge in [0, 0.05) is 11.9 Å². The lowest BCUT2D eigenvalue weighted by Gasteiger charge is -2.11. The van der Waals surface area contributed by atoms with Gasteiger partial charge in [0.1, 0.15) is 17.0 Å². The quantitative estimate of drug-likeness (QED) is 0.754. The van der Waals surface area contributed by atoms with Crippen LogP contribution in [-0.4, -0.2) is 15.7 Å². The topological polar surface area (TPSA) is 63.5 Å². The fourth-order valence-corrected chi connectivity index (χ4v) is 2.37. The Hall–Kier alpha value is -2.95. The van der Waals surface area contributed by atoms with Crippen molar-refractivity contribution in [3.05, 3.63) is 69.6 Å². The lowest BCUT2D eigenvalue weighted by molar-refractivity contribution is 0.112. The van der Waals surface area contributed by atoms with Crippen LogP contribution >= 0.6 is 0 Å². The molecule has 0 saturated carbocycles. The van der Waals surface area contributed by atoms with Gasteiger partial charge in [0.05, 0.1) is 0 Å². The van der Waals surface area contributed by atoms with Crippen molar-refractivity contribution in [2.75, 3.05) is 5.32 Å². The summed E-state index contributed by atoms with van der Waals surface area (Å²) >= 11 is 0. The second-order valence-corrected chi connectivity index (χ2v) is 5.18. The molecular weight excluding hydrogens is 278 g/mol. The Morgan fingerprint density at radius 3 is 2.73 bits per heavy atom. The summed E-state index contributed by atoms with van der Waals surface area (Å²) in [7, 11) is 0. The van der Waals surface area contributed by atoms with Crippen LogP contribution in [0.2, 0.25) is 0 Å². The number of aromatic nitrogens is 2. The number of nitrogens with zero attached hydrogens (tertiary/aromatic N) is 2. The number of carbonyl (C=O) groups excluding carboxylic acids is 1. The minimum absolute atomic E-state index is 0.0182. The largest absolute Gasteiger partial charge is 0.339 e. The summed E-state index contributed by atoms with van der Waals surface area (Å²) in [6, 6.07) is 11.3. The Kier molecular flexibility index (Phi) is 3.47. The molecule has 3 rings (SSSR count). The van der Waals surface area contributed by atoms with Crippen LogP contribution in [0.15, 0.2) is 47.4 Å². The summed E-state index contributed by atoms with van der Waals surface area (Å²) in [5, 5.41) is 3.07. The van der Waals surface area contributed by atoms with Crippen molar-refractivity contribution < 1.29 is 4.79 Å². The van der Waals surface area contributed by atoms with Crippen molar-refractivity contribution in [2.45, 2.75) is 13.8 Å². The molecule has 110 valence electrons. The molecule has 1 aromatic carbocycles. The second kappa shape index (κ2) is 5.44. The van der Waals surface area contributed by atoms with Crippen molar-refractivity contribution in [2.24, 2.45) is 0 Å². The van der Waals surface area contributed by atoms with Crippen LogP contribution < -0.4 is 10.9 Å². The molecule has 0 aliphatic carbocycles. The van der Waals surface area contributed by atoms with E-state index >= 15 is 0 Å². The monoisotopic (exact) mass is 293 g/mol. The van der Waals surface area contributed by atoms with E-state index in [2.05, 4.69) is 10.3 Å². The summed E-state index contributed by atoms with van der Waals surface area (Å²) in [4.78, 5) is 28.2. The summed E-state index contributed by atoms with van der Waals surface area (Å²) in [6.45, 7) is 3.84. The van der Waals surface area contributed by atoms with Gasteiger partial charge >= 0.3 is 0 Å². The zero-order valence-corrected chi connectivity index (χ0v) is 12.3. The highest BCUT2D eigenvalue weighted by atomic mass is 16.1. The number of benzene rings is 1. The van der Waals surface area contributed by atoms with E-state index in [4.69, 9.17) is 0 Å². The minimum atomic E-state index is -0.376. The first-order valence-electron chi connectivity index (χ1n) is 6.91. The predicted octanol–water partition coefficient (Wildman–Crippen LogP) is 2.87. The van der Waals surface area contributed by atoms with Crippen molar-refractivity contribution in [1.29, 1.82) is 0 Å². The van der Waals surface area contributed by atoms with Crippen LogP contribution in [0.1, 0.15) is 21.5 Å². The van der Waals surface area contributed by atoms with E-state index in [0.717, 1.165) is 16.8 Å². The van der Waals surface area contributed by atoms with E-state index in [0.29, 0.717) is 11.9 Å². The van der Waals surface area contributed by atoms with Gasteiger partial charge in [-0.05, 0) is 43.2 Å². The van der Waals surface area contributed by atoms with Crippen LogP contribution in [0.5, 0.6) is 0 Å². The number of fused-ring (bicyclic) bond motifs is 1. The summed E-state index contributed by atoms with van der Waals surface area (Å²) < 4.78 is 1.39. The predicted molar refractivity (Wildman–Crippen MR) is 86.0 cm³/mol. The smallest absolute Gasteiger partial charge is 0.270 e. The van der Waals surface area contributed by atoms with Crippen LogP contribution in [-0.2, 0) is 0 Å². The van der Waals surface area contributed by atoms with Gasteiger partial charge in [-0.2, -0.15) is 0 Å². The average Bonchev–Trinajstić information content (AvgIpc) is 2.49. The van der Waals surface area contributed by atoms with Gasteiger partial charge in [0.2, 0.25) is 0 Å². The van der Waals surface area contributed by atoms with E-state index in [1.807, 2.05) is 44.2 Å². The van der Waals surface area contributed by atoms with E-state index in [1.54, 1.807) is 12.3 Å². The van der Waals surface area contributed by atoms with E-state index in [1.165, 1.54) is 4.40 Å². The molecule has 0 atom stereocenters. The second-order valence-electron chi connectivity index (χ2n) is 5.18. The van der Waals surface area contributed by atoms with E-state index < -0.39 is 0 Å². The highest BCUT2D eigenvalue weighted by Crippen LogP contribution is 2.18. The lowest BCUT2D eigenvalue weighted by Crippen LogP contribution is -2.22. The molecule has 5 heteroatoms. The molecule has 0 saturated heterocycles. The molecule has 0 aliphatic heterocycles. The SMILES string of the molecule is Cc1cccc(Nc2nc3c(C)cccn3c(=O)c2C=O)c1. The van der Waals surface area contributed by atoms with Crippen LogP contribution in [0.3, 0.4) is 0 Å². The highest BCUT2D eigenvalue weighted by Gasteiger charge is 2.13. The molecule has 1 N–H and O–H groups in total. The standard InChI is InChI=1S/C17H15N3O2/c1-11-5-3-7-13(9-11)18-15-14(10-21)17(22)20-8-4-6-12(2)16(20)19-15/h3-10,18H,1-2H3. The first-order valence-corrected chi connectivity index (χ1v) is 6.91. The molecule has 5 nitrogen and oxygen atoms in total. The van der Waals surface area contributed by atoms with Crippen molar-refractivity contribution >= 4 is 23.4 Å². The molecule has 3 aromatic rings. The number of carbonyl (C=O) groups is 1. The number of rotatable bonds is 3. The van der Waals surface area contributed by atoms with Gasteiger partial charge in [-0.3, -0.25) is 14.0 Å². The maximum atomic E-state index is 12.4. The zero-order valence-electron chi connectivity index (χ0n) is 12.3. The van der Waals surface area contributed by atoms with E-state index in [9.17, 15) is 9.59 Å². The molecule has 0 fully saturated rings. The third kappa shape index (κ3) is 2.37. The van der Waals surface area contributed by atoms with Crippen molar-refractivity contribution in [3.8, 4) is 0 Å². The minimum Gasteiger partial charge on any atom is -0.339 e. The molecule has 22 heavy (non-hydrogen) atoms. The number of nitrogens with one attached hydrogen (secondary N) is 1. The number of aldehydes is 1. The van der Waals surface area contributed by atoms with Gasteiger partial charge in [-0.15, -0.1) is 0 Å². The highest BCUT2D eigenvalue weighted by molar-refractivity contribution is 5.84. The average molecular weight is 293 g/mol. The van der Waals surface area contributed by atoms with E-state index in [-0.39, 0.29) is 16.9 Å². The first-order chi connectivity index (χ1) is 10.6. The molecule has 2 aromatic heterocycles. The first kappa shape index (κ1) is 14.0. The summed E-state index contributed by atoms with van der Waals surface area (Å²) in [5.74, 6) is 0.278. The number of pyridine rings is 1. The van der Waals surface area contributed by atoms with Crippen LogP contribution in [0.25, 0.3) is 5.65 Å². The summed E-state index contributed by atoms with van der Waals surface area (Å²) in [5.41, 5.74) is 2.90. The maximum absolute atomic E-state index is 12.4. The Morgan fingerprint density at radius 1 is 1.18 bits per heavy atom. The third-order valence-electron chi connectivity index (χ3n) is 3.48. The van der Waals surface area contributed by atoms with Gasteiger partial charge in [0.25, 0.3) is 5.56 Å². The molecule has 0 unspecified atom stereocenters. The Labute approximate surface area is 127 Å². The van der Waals surface area contributed by atoms with Gasteiger partial charge in [-0.25, -0.2) is 4.98 Å². The van der Waals surface area contributed by atoms with Crippen molar-refractivity contribution in [1.82, 2.24) is 9.38 Å². The zero-order chi connectivity index (χ0) is 15.7. The van der Waals surface area contributed by atoms with Gasteiger partial charge in [0.15, 0.2) is 6.29 Å². The summed E-state index contributed by atoms with van der Waals surface area (Å²) in [6.07, 6.45) is 2.16. The third-order valence-corrected chi connectivity index (χ3v) is 3.48. The van der Waals surface area contributed by atoms with Gasteiger partial charge in [-0.1, -0.05) is 18.2 Å². The Balaban J connectivity index is 2.22. The molecule has 0 radical (unpaired) electrons. The van der Waals surface area contributed by atoms with Gasteiger partial charge < -0.3 is 5.32 Å². The number of anilines is 2. The fourth-order valence-electron chi connectivity index (χ4n) is 2.37. The van der Waals surface area contributed by atoms with Crippen LogP contribution in [0, 0.1) is 13.8 Å². The molecule has 0 aliphatic rings. The number of aryl methyl sites for hydroxylation is 2. The molecule has 0 bridgehead atoms. The van der Waals surface area contributed by atoms with Crippen LogP contribution in [0.4, 0.5) is 11.5 Å².